The third kappa shape index (κ3) is 9.48. The minimum atomic E-state index is 0.234. The zero-order valence-corrected chi connectivity index (χ0v) is 19.6. The molecule has 0 saturated heterocycles. The standard InChI is InChI=1S/C25H42N2OS/c1-4-5-6-7-8-9-10-11-12-13-16-21(2)19-25(28-3)24-20-29-27-23-18-15-14-17-22(23)26-24/h11-12,14-15,17-18,21,24-27H,4-10,13,16,19-20H2,1-3H3/b12-11-. The second-order valence-electron chi connectivity index (χ2n) is 8.43. The minimum Gasteiger partial charge on any atom is -0.379 e. The van der Waals surface area contributed by atoms with Crippen molar-refractivity contribution in [1.29, 1.82) is 0 Å². The number of nitrogens with one attached hydrogen (secondary N) is 2. The van der Waals surface area contributed by atoms with Crippen molar-refractivity contribution in [2.75, 3.05) is 22.9 Å². The van der Waals surface area contributed by atoms with Gasteiger partial charge in [0.1, 0.15) is 0 Å². The molecule has 0 spiro atoms. The molecule has 3 atom stereocenters. The molecule has 3 nitrogen and oxygen atoms in total. The second kappa shape index (κ2) is 14.8. The lowest BCUT2D eigenvalue weighted by atomic mass is 9.94. The van der Waals surface area contributed by atoms with Crippen LogP contribution in [0, 0.1) is 5.92 Å². The second-order valence-corrected chi connectivity index (χ2v) is 9.26. The van der Waals surface area contributed by atoms with Crippen LogP contribution >= 0.6 is 11.9 Å². The Bertz CT molecular complexity index is 578. The Labute approximate surface area is 183 Å². The van der Waals surface area contributed by atoms with E-state index in [-0.39, 0.29) is 6.10 Å². The van der Waals surface area contributed by atoms with Gasteiger partial charge in [-0.05, 0) is 50.2 Å². The molecule has 0 saturated carbocycles. The molecule has 0 radical (unpaired) electrons. The average Bonchev–Trinajstić information content (AvgIpc) is 2.95. The number of fused-ring (bicyclic) bond motifs is 1. The van der Waals surface area contributed by atoms with Crippen LogP contribution in [0.15, 0.2) is 36.4 Å². The Morgan fingerprint density at radius 1 is 1.07 bits per heavy atom. The first-order valence-electron chi connectivity index (χ1n) is 11.7. The molecule has 1 aromatic rings. The summed E-state index contributed by atoms with van der Waals surface area (Å²) in [4.78, 5) is 0. The highest BCUT2D eigenvalue weighted by atomic mass is 32.2. The van der Waals surface area contributed by atoms with Gasteiger partial charge in [-0.1, -0.05) is 82.2 Å². The van der Waals surface area contributed by atoms with Gasteiger partial charge < -0.3 is 14.8 Å². The number of methoxy groups -OCH3 is 1. The van der Waals surface area contributed by atoms with Crippen LogP contribution in [0.5, 0.6) is 0 Å². The SMILES string of the molecule is CCCCCCCC/C=C\CCC(C)CC(OC)C1CSNc2ccccc2N1. The molecule has 0 aromatic heterocycles. The zero-order valence-electron chi connectivity index (χ0n) is 18.8. The first kappa shape index (κ1) is 24.1. The highest BCUT2D eigenvalue weighted by molar-refractivity contribution is 8.00. The molecular weight excluding hydrogens is 376 g/mol. The van der Waals surface area contributed by atoms with Crippen molar-refractivity contribution >= 4 is 23.3 Å². The molecule has 1 aliphatic rings. The first-order valence-corrected chi connectivity index (χ1v) is 12.6. The van der Waals surface area contributed by atoms with Crippen molar-refractivity contribution in [2.24, 2.45) is 5.92 Å². The van der Waals surface area contributed by atoms with Crippen LogP contribution < -0.4 is 10.0 Å². The minimum absolute atomic E-state index is 0.234. The molecule has 0 bridgehead atoms. The number of ether oxygens (including phenoxy) is 1. The lowest BCUT2D eigenvalue weighted by Gasteiger charge is -2.28. The molecule has 0 aliphatic carbocycles. The van der Waals surface area contributed by atoms with E-state index in [1.807, 2.05) is 7.11 Å². The summed E-state index contributed by atoms with van der Waals surface area (Å²) in [5, 5.41) is 3.70. The maximum absolute atomic E-state index is 5.91. The molecule has 1 aromatic carbocycles. The number of rotatable bonds is 14. The number of hydrogen-bond acceptors (Lipinski definition) is 4. The molecule has 2 rings (SSSR count). The fourth-order valence-electron chi connectivity index (χ4n) is 3.95. The van der Waals surface area contributed by atoms with E-state index in [2.05, 4.69) is 60.3 Å². The van der Waals surface area contributed by atoms with Gasteiger partial charge in [0.25, 0.3) is 0 Å². The smallest absolute Gasteiger partial charge is 0.0783 e. The maximum Gasteiger partial charge on any atom is 0.0783 e. The Morgan fingerprint density at radius 2 is 1.79 bits per heavy atom. The monoisotopic (exact) mass is 418 g/mol. The first-order chi connectivity index (χ1) is 14.2. The van der Waals surface area contributed by atoms with E-state index in [1.54, 1.807) is 11.9 Å². The number of anilines is 2. The van der Waals surface area contributed by atoms with E-state index in [4.69, 9.17) is 4.74 Å². The number of allylic oxidation sites excluding steroid dienone is 2. The summed E-state index contributed by atoms with van der Waals surface area (Å²) in [6, 6.07) is 8.75. The fourth-order valence-corrected chi connectivity index (χ4v) is 4.84. The van der Waals surface area contributed by atoms with Gasteiger partial charge in [-0.15, -0.1) is 0 Å². The van der Waals surface area contributed by atoms with Gasteiger partial charge in [-0.25, -0.2) is 0 Å². The van der Waals surface area contributed by atoms with E-state index in [0.717, 1.165) is 12.2 Å². The van der Waals surface area contributed by atoms with Crippen LogP contribution in [0.25, 0.3) is 0 Å². The van der Waals surface area contributed by atoms with Crippen molar-refractivity contribution in [3.8, 4) is 0 Å². The van der Waals surface area contributed by atoms with Crippen LogP contribution in [0.4, 0.5) is 11.4 Å². The van der Waals surface area contributed by atoms with Crippen LogP contribution in [-0.2, 0) is 4.74 Å². The van der Waals surface area contributed by atoms with Crippen molar-refractivity contribution in [1.82, 2.24) is 0 Å². The molecule has 2 N–H and O–H groups in total. The van der Waals surface area contributed by atoms with Crippen molar-refractivity contribution in [3.63, 3.8) is 0 Å². The summed E-state index contributed by atoms with van der Waals surface area (Å²) in [6.07, 6.45) is 18.1. The molecule has 0 fully saturated rings. The number of para-hydroxylation sites is 2. The van der Waals surface area contributed by atoms with Gasteiger partial charge in [0.2, 0.25) is 0 Å². The summed E-state index contributed by atoms with van der Waals surface area (Å²) in [5.41, 5.74) is 2.34. The van der Waals surface area contributed by atoms with E-state index in [0.29, 0.717) is 12.0 Å². The zero-order chi connectivity index (χ0) is 20.7. The average molecular weight is 419 g/mol. The third-order valence-corrected chi connectivity index (χ3v) is 6.71. The number of hydrogen-bond donors (Lipinski definition) is 2. The lowest BCUT2D eigenvalue weighted by molar-refractivity contribution is 0.0710. The Hall–Kier alpha value is -1.13. The van der Waals surface area contributed by atoms with E-state index >= 15 is 0 Å². The summed E-state index contributed by atoms with van der Waals surface area (Å²) in [7, 11) is 1.86. The maximum atomic E-state index is 5.91. The summed E-state index contributed by atoms with van der Waals surface area (Å²) in [6.45, 7) is 4.64. The molecular formula is C25H42N2OS. The van der Waals surface area contributed by atoms with Gasteiger partial charge in [0.05, 0.1) is 23.5 Å². The Balaban J connectivity index is 1.65. The normalized spacial score (nSPS) is 18.5. The quantitative estimate of drug-likeness (QED) is 0.184. The molecule has 4 heteroatoms. The van der Waals surface area contributed by atoms with Crippen LogP contribution in [0.1, 0.15) is 78.1 Å². The van der Waals surface area contributed by atoms with Crippen molar-refractivity contribution < 1.29 is 4.74 Å². The molecule has 164 valence electrons. The van der Waals surface area contributed by atoms with Gasteiger partial charge in [0.15, 0.2) is 0 Å². The van der Waals surface area contributed by atoms with Gasteiger partial charge in [-0.3, -0.25) is 0 Å². The van der Waals surface area contributed by atoms with Crippen molar-refractivity contribution in [2.45, 2.75) is 90.2 Å². The Morgan fingerprint density at radius 3 is 2.59 bits per heavy atom. The predicted octanol–water partition coefficient (Wildman–Crippen LogP) is 7.67. The molecule has 1 heterocycles. The van der Waals surface area contributed by atoms with E-state index in [9.17, 15) is 0 Å². The van der Waals surface area contributed by atoms with E-state index < -0.39 is 0 Å². The van der Waals surface area contributed by atoms with Crippen LogP contribution in [0.3, 0.4) is 0 Å². The molecule has 1 aliphatic heterocycles. The van der Waals surface area contributed by atoms with Crippen LogP contribution in [0.2, 0.25) is 0 Å². The van der Waals surface area contributed by atoms with Gasteiger partial charge in [0, 0.05) is 12.9 Å². The summed E-state index contributed by atoms with van der Waals surface area (Å²) in [5.74, 6) is 1.66. The summed E-state index contributed by atoms with van der Waals surface area (Å²) < 4.78 is 9.36. The van der Waals surface area contributed by atoms with Crippen LogP contribution in [-0.4, -0.2) is 25.0 Å². The topological polar surface area (TPSA) is 33.3 Å². The highest BCUT2D eigenvalue weighted by Gasteiger charge is 2.26. The largest absolute Gasteiger partial charge is 0.379 e. The van der Waals surface area contributed by atoms with Gasteiger partial charge in [-0.2, -0.15) is 0 Å². The lowest BCUT2D eigenvalue weighted by Crippen LogP contribution is -2.38. The van der Waals surface area contributed by atoms with Crippen molar-refractivity contribution in [3.05, 3.63) is 36.4 Å². The molecule has 0 amide bonds. The Kier molecular flexibility index (Phi) is 12.3. The number of benzene rings is 1. The fraction of sp³-hybridized carbons (Fsp3) is 0.680. The van der Waals surface area contributed by atoms with E-state index in [1.165, 1.54) is 69.2 Å². The molecule has 29 heavy (non-hydrogen) atoms. The summed E-state index contributed by atoms with van der Waals surface area (Å²) >= 11 is 1.77. The highest BCUT2D eigenvalue weighted by Crippen LogP contribution is 2.31. The third-order valence-electron chi connectivity index (χ3n) is 5.82. The number of unbranched alkanes of at least 4 members (excludes halogenated alkanes) is 6. The molecule has 3 unspecified atom stereocenters. The predicted molar refractivity (Wildman–Crippen MR) is 131 cm³/mol. The van der Waals surface area contributed by atoms with Gasteiger partial charge >= 0.3 is 0 Å².